The molecule has 1 N–H and O–H groups in total. The number of hydrogen-bond acceptors (Lipinski definition) is 4. The Balaban J connectivity index is 1.60. The van der Waals surface area contributed by atoms with Gasteiger partial charge in [-0.25, -0.2) is 0 Å². The smallest absolute Gasteiger partial charge is 0.291 e. The van der Waals surface area contributed by atoms with Gasteiger partial charge in [-0.15, -0.1) is 0 Å². The van der Waals surface area contributed by atoms with Crippen molar-refractivity contribution in [3.63, 3.8) is 0 Å². The van der Waals surface area contributed by atoms with Crippen molar-refractivity contribution in [3.05, 3.63) is 53.8 Å². The van der Waals surface area contributed by atoms with Crippen LogP contribution in [0.2, 0.25) is 0 Å². The van der Waals surface area contributed by atoms with Crippen LogP contribution in [-0.2, 0) is 4.79 Å². The first-order valence-electron chi connectivity index (χ1n) is 8.86. The standard InChI is InChI=1S/C21H20N2O4/c1-13-17-12-16(26-2)8-9-18(17)27-20(13)21(25)22-14-5-3-6-15(11-14)23-10-4-7-19(23)24/h3,5-6,8-9,11-12H,4,7,10H2,1-2H3,(H,22,25). The molecule has 3 aromatic rings. The monoisotopic (exact) mass is 364 g/mol. The molecule has 6 heteroatoms. The van der Waals surface area contributed by atoms with E-state index >= 15 is 0 Å². The Morgan fingerprint density at radius 1 is 1.22 bits per heavy atom. The van der Waals surface area contributed by atoms with Crippen LogP contribution >= 0.6 is 0 Å². The van der Waals surface area contributed by atoms with Crippen LogP contribution in [-0.4, -0.2) is 25.5 Å². The minimum Gasteiger partial charge on any atom is -0.497 e. The van der Waals surface area contributed by atoms with Crippen molar-refractivity contribution in [2.75, 3.05) is 23.9 Å². The molecule has 0 aliphatic carbocycles. The van der Waals surface area contributed by atoms with Gasteiger partial charge in [0.05, 0.1) is 7.11 Å². The van der Waals surface area contributed by atoms with Gasteiger partial charge in [0.15, 0.2) is 5.76 Å². The van der Waals surface area contributed by atoms with Gasteiger partial charge < -0.3 is 19.4 Å². The van der Waals surface area contributed by atoms with E-state index in [2.05, 4.69) is 5.32 Å². The van der Waals surface area contributed by atoms with Crippen molar-refractivity contribution < 1.29 is 18.7 Å². The number of nitrogens with zero attached hydrogens (tertiary/aromatic N) is 1. The predicted octanol–water partition coefficient (Wildman–Crippen LogP) is 4.13. The fourth-order valence-electron chi connectivity index (χ4n) is 3.40. The van der Waals surface area contributed by atoms with Crippen LogP contribution in [0, 0.1) is 6.92 Å². The summed E-state index contributed by atoms with van der Waals surface area (Å²) < 4.78 is 11.0. The molecular weight excluding hydrogens is 344 g/mol. The molecule has 4 rings (SSSR count). The lowest BCUT2D eigenvalue weighted by molar-refractivity contribution is -0.117. The molecule has 0 radical (unpaired) electrons. The van der Waals surface area contributed by atoms with Gasteiger partial charge in [0.25, 0.3) is 5.91 Å². The van der Waals surface area contributed by atoms with Crippen molar-refractivity contribution in [3.8, 4) is 5.75 Å². The van der Waals surface area contributed by atoms with Gasteiger partial charge in [0.1, 0.15) is 11.3 Å². The van der Waals surface area contributed by atoms with E-state index in [1.165, 1.54) is 0 Å². The number of furan rings is 1. The Bertz CT molecular complexity index is 1040. The summed E-state index contributed by atoms with van der Waals surface area (Å²) >= 11 is 0. The highest BCUT2D eigenvalue weighted by Crippen LogP contribution is 2.30. The quantitative estimate of drug-likeness (QED) is 0.756. The maximum atomic E-state index is 12.7. The lowest BCUT2D eigenvalue weighted by atomic mass is 10.1. The van der Waals surface area contributed by atoms with Gasteiger partial charge in [0.2, 0.25) is 5.91 Å². The molecule has 0 atom stereocenters. The largest absolute Gasteiger partial charge is 0.497 e. The summed E-state index contributed by atoms with van der Waals surface area (Å²) in [5.41, 5.74) is 2.80. The van der Waals surface area contributed by atoms with Crippen molar-refractivity contribution in [2.24, 2.45) is 0 Å². The lowest BCUT2D eigenvalue weighted by Crippen LogP contribution is -2.23. The van der Waals surface area contributed by atoms with E-state index in [1.54, 1.807) is 30.2 Å². The lowest BCUT2D eigenvalue weighted by Gasteiger charge is -2.16. The second-order valence-electron chi connectivity index (χ2n) is 6.57. The third-order valence-electron chi connectivity index (χ3n) is 4.84. The molecule has 6 nitrogen and oxygen atoms in total. The zero-order valence-electron chi connectivity index (χ0n) is 15.2. The highest BCUT2D eigenvalue weighted by Gasteiger charge is 2.22. The third kappa shape index (κ3) is 3.14. The van der Waals surface area contributed by atoms with E-state index in [9.17, 15) is 9.59 Å². The van der Waals surface area contributed by atoms with Gasteiger partial charge in [0, 0.05) is 35.3 Å². The Kier molecular flexibility index (Phi) is 4.32. The van der Waals surface area contributed by atoms with Gasteiger partial charge in [-0.3, -0.25) is 9.59 Å². The molecule has 138 valence electrons. The Morgan fingerprint density at radius 2 is 2.07 bits per heavy atom. The minimum atomic E-state index is -0.326. The number of nitrogens with one attached hydrogen (secondary N) is 1. The first kappa shape index (κ1) is 17.1. The molecule has 0 bridgehead atoms. The fraction of sp³-hybridized carbons (Fsp3) is 0.238. The van der Waals surface area contributed by atoms with Crippen LogP contribution < -0.4 is 15.0 Å². The van der Waals surface area contributed by atoms with Crippen LogP contribution in [0.25, 0.3) is 11.0 Å². The number of aryl methyl sites for hydroxylation is 1. The second kappa shape index (κ2) is 6.79. The highest BCUT2D eigenvalue weighted by molar-refractivity contribution is 6.07. The highest BCUT2D eigenvalue weighted by atomic mass is 16.5. The normalized spacial score (nSPS) is 14.0. The number of ether oxygens (including phenoxy) is 1. The van der Waals surface area contributed by atoms with Crippen LogP contribution in [0.3, 0.4) is 0 Å². The molecule has 27 heavy (non-hydrogen) atoms. The van der Waals surface area contributed by atoms with Crippen molar-refractivity contribution >= 4 is 34.2 Å². The number of rotatable bonds is 4. The second-order valence-corrected chi connectivity index (χ2v) is 6.57. The molecule has 1 aromatic heterocycles. The van der Waals surface area contributed by atoms with E-state index in [0.29, 0.717) is 30.0 Å². The molecule has 2 aromatic carbocycles. The van der Waals surface area contributed by atoms with Gasteiger partial charge in [-0.05, 0) is 49.7 Å². The van der Waals surface area contributed by atoms with E-state index in [1.807, 2.05) is 31.2 Å². The number of fused-ring (bicyclic) bond motifs is 1. The molecule has 1 aliphatic rings. The van der Waals surface area contributed by atoms with Crippen LogP contribution in [0.5, 0.6) is 5.75 Å². The Labute approximate surface area is 156 Å². The zero-order valence-corrected chi connectivity index (χ0v) is 15.2. The number of benzene rings is 2. The summed E-state index contributed by atoms with van der Waals surface area (Å²) in [5, 5.41) is 3.71. The molecule has 0 saturated carbocycles. The van der Waals surface area contributed by atoms with Crippen LogP contribution in [0.4, 0.5) is 11.4 Å². The van der Waals surface area contributed by atoms with Crippen LogP contribution in [0.15, 0.2) is 46.9 Å². The van der Waals surface area contributed by atoms with Crippen molar-refractivity contribution in [2.45, 2.75) is 19.8 Å². The number of amides is 2. The fourth-order valence-corrected chi connectivity index (χ4v) is 3.40. The molecular formula is C21H20N2O4. The average molecular weight is 364 g/mol. The number of anilines is 2. The third-order valence-corrected chi connectivity index (χ3v) is 4.84. The van der Waals surface area contributed by atoms with Crippen LogP contribution in [0.1, 0.15) is 29.0 Å². The number of carbonyl (C=O) groups is 2. The summed E-state index contributed by atoms with van der Waals surface area (Å²) in [6.45, 7) is 2.56. The Morgan fingerprint density at radius 3 is 2.81 bits per heavy atom. The molecule has 2 amide bonds. The van der Waals surface area contributed by atoms with Gasteiger partial charge in [-0.1, -0.05) is 6.07 Å². The van der Waals surface area contributed by atoms with Crippen molar-refractivity contribution in [1.29, 1.82) is 0 Å². The van der Waals surface area contributed by atoms with E-state index in [-0.39, 0.29) is 17.6 Å². The van der Waals surface area contributed by atoms with E-state index in [4.69, 9.17) is 9.15 Å². The molecule has 2 heterocycles. The van der Waals surface area contributed by atoms with E-state index in [0.717, 1.165) is 23.1 Å². The first-order valence-corrected chi connectivity index (χ1v) is 8.86. The molecule has 0 unspecified atom stereocenters. The molecule has 1 fully saturated rings. The summed E-state index contributed by atoms with van der Waals surface area (Å²) in [6, 6.07) is 12.7. The maximum absolute atomic E-state index is 12.7. The Hall–Kier alpha value is -3.28. The molecule has 1 saturated heterocycles. The van der Waals surface area contributed by atoms with Gasteiger partial charge >= 0.3 is 0 Å². The summed E-state index contributed by atoms with van der Waals surface area (Å²) in [4.78, 5) is 26.4. The van der Waals surface area contributed by atoms with Gasteiger partial charge in [-0.2, -0.15) is 0 Å². The SMILES string of the molecule is COc1ccc2oc(C(=O)Nc3cccc(N4CCCC4=O)c3)c(C)c2c1. The number of carbonyl (C=O) groups excluding carboxylic acids is 2. The molecule has 1 aliphatic heterocycles. The number of hydrogen-bond donors (Lipinski definition) is 1. The minimum absolute atomic E-state index is 0.112. The summed E-state index contributed by atoms with van der Waals surface area (Å²) in [5.74, 6) is 0.760. The average Bonchev–Trinajstić information content (AvgIpc) is 3.25. The maximum Gasteiger partial charge on any atom is 0.291 e. The topological polar surface area (TPSA) is 71.8 Å². The van der Waals surface area contributed by atoms with Crippen molar-refractivity contribution in [1.82, 2.24) is 0 Å². The van der Waals surface area contributed by atoms with E-state index < -0.39 is 0 Å². The number of methoxy groups -OCH3 is 1. The molecule has 0 spiro atoms. The first-order chi connectivity index (χ1) is 13.1. The summed E-state index contributed by atoms with van der Waals surface area (Å²) in [7, 11) is 1.60. The zero-order chi connectivity index (χ0) is 19.0. The predicted molar refractivity (Wildman–Crippen MR) is 103 cm³/mol. The summed E-state index contributed by atoms with van der Waals surface area (Å²) in [6.07, 6.45) is 1.43.